The highest BCUT2D eigenvalue weighted by Crippen LogP contribution is 2.19. The quantitative estimate of drug-likeness (QED) is 0.735. The average molecular weight is 329 g/mol. The molecule has 0 amide bonds. The number of halogens is 2. The molecule has 0 unspecified atom stereocenters. The highest BCUT2D eigenvalue weighted by atomic mass is 35.5. The van der Waals surface area contributed by atoms with Crippen molar-refractivity contribution < 1.29 is 9.13 Å². The van der Waals surface area contributed by atoms with Gasteiger partial charge in [-0.2, -0.15) is 15.0 Å². The largest absolute Gasteiger partial charge is 0.473 e. The first kappa shape index (κ1) is 15.0. The maximum absolute atomic E-state index is 13.4. The fraction of sp³-hybridized carbons (Fsp3) is 0.0625. The molecule has 0 bridgehead atoms. The Morgan fingerprint density at radius 2 is 2.09 bits per heavy atom. The second-order valence-electron chi connectivity index (χ2n) is 4.63. The Bertz CT molecular complexity index is 888. The number of rotatable bonds is 4. The van der Waals surface area contributed by atoms with Crippen LogP contribution in [-0.4, -0.2) is 14.8 Å². The van der Waals surface area contributed by atoms with Crippen LogP contribution in [0.2, 0.25) is 5.02 Å². The van der Waals surface area contributed by atoms with E-state index >= 15 is 0 Å². The standard InChI is InChI=1S/C16H10ClFN4O/c17-13-2-1-12(7-14(13)18)10-23-16-4-6-21-22(16)15-8-11(9-19)3-5-20-15/h1-8H,10H2. The van der Waals surface area contributed by atoms with Crippen molar-refractivity contribution in [3.63, 3.8) is 0 Å². The van der Waals surface area contributed by atoms with Crippen LogP contribution < -0.4 is 4.74 Å². The molecule has 23 heavy (non-hydrogen) atoms. The molecule has 2 heterocycles. The van der Waals surface area contributed by atoms with Gasteiger partial charge >= 0.3 is 0 Å². The summed E-state index contributed by atoms with van der Waals surface area (Å²) in [5.74, 6) is 0.402. The first-order chi connectivity index (χ1) is 11.2. The number of aromatic nitrogens is 3. The monoisotopic (exact) mass is 328 g/mol. The summed E-state index contributed by atoms with van der Waals surface area (Å²) in [5, 5.41) is 13.1. The first-order valence-corrected chi connectivity index (χ1v) is 7.02. The Balaban J connectivity index is 1.81. The Kier molecular flexibility index (Phi) is 4.22. The van der Waals surface area contributed by atoms with Gasteiger partial charge in [-0.05, 0) is 23.8 Å². The summed E-state index contributed by atoms with van der Waals surface area (Å²) >= 11 is 5.65. The molecule has 3 rings (SSSR count). The SMILES string of the molecule is N#Cc1ccnc(-n2nccc2OCc2ccc(Cl)c(F)c2)c1. The molecule has 5 nitrogen and oxygen atoms in total. The minimum Gasteiger partial charge on any atom is -0.473 e. The van der Waals surface area contributed by atoms with Crippen LogP contribution in [0, 0.1) is 17.1 Å². The van der Waals surface area contributed by atoms with Crippen molar-refractivity contribution in [3.05, 3.63) is 70.8 Å². The van der Waals surface area contributed by atoms with Crippen molar-refractivity contribution in [2.75, 3.05) is 0 Å². The molecular weight excluding hydrogens is 319 g/mol. The lowest BCUT2D eigenvalue weighted by Crippen LogP contribution is -2.05. The van der Waals surface area contributed by atoms with Crippen LogP contribution in [0.25, 0.3) is 5.82 Å². The van der Waals surface area contributed by atoms with Crippen molar-refractivity contribution in [2.24, 2.45) is 0 Å². The van der Waals surface area contributed by atoms with Crippen LogP contribution in [0.15, 0.2) is 48.8 Å². The van der Waals surface area contributed by atoms with Gasteiger partial charge in [-0.25, -0.2) is 9.37 Å². The third-order valence-electron chi connectivity index (χ3n) is 3.07. The van der Waals surface area contributed by atoms with E-state index in [1.165, 1.54) is 23.0 Å². The zero-order chi connectivity index (χ0) is 16.2. The van der Waals surface area contributed by atoms with Crippen LogP contribution in [0.5, 0.6) is 5.88 Å². The normalized spacial score (nSPS) is 10.3. The third kappa shape index (κ3) is 3.30. The number of pyridine rings is 1. The maximum Gasteiger partial charge on any atom is 0.218 e. The van der Waals surface area contributed by atoms with Gasteiger partial charge in [0, 0.05) is 18.3 Å². The number of benzene rings is 1. The zero-order valence-electron chi connectivity index (χ0n) is 11.8. The van der Waals surface area contributed by atoms with E-state index in [1.54, 1.807) is 30.5 Å². The van der Waals surface area contributed by atoms with E-state index in [-0.39, 0.29) is 11.6 Å². The lowest BCUT2D eigenvalue weighted by atomic mass is 10.2. The average Bonchev–Trinajstić information content (AvgIpc) is 3.04. The van der Waals surface area contributed by atoms with Gasteiger partial charge in [0.2, 0.25) is 5.88 Å². The van der Waals surface area contributed by atoms with Gasteiger partial charge in [-0.15, -0.1) is 0 Å². The van der Waals surface area contributed by atoms with Crippen LogP contribution in [0.3, 0.4) is 0 Å². The van der Waals surface area contributed by atoms with Crippen molar-refractivity contribution in [2.45, 2.75) is 6.61 Å². The summed E-state index contributed by atoms with van der Waals surface area (Å²) in [7, 11) is 0. The molecule has 114 valence electrons. The molecular formula is C16H10ClFN4O. The number of nitriles is 1. The maximum atomic E-state index is 13.4. The minimum absolute atomic E-state index is 0.0660. The van der Waals surface area contributed by atoms with Gasteiger partial charge in [0.15, 0.2) is 5.82 Å². The summed E-state index contributed by atoms with van der Waals surface area (Å²) in [6, 6.07) is 11.4. The van der Waals surface area contributed by atoms with Gasteiger partial charge in [0.25, 0.3) is 0 Å². The highest BCUT2D eigenvalue weighted by molar-refractivity contribution is 6.30. The Morgan fingerprint density at radius 1 is 1.22 bits per heavy atom. The molecule has 0 spiro atoms. The second-order valence-corrected chi connectivity index (χ2v) is 5.04. The summed E-state index contributed by atoms with van der Waals surface area (Å²) < 4.78 is 20.5. The van der Waals surface area contributed by atoms with E-state index < -0.39 is 5.82 Å². The molecule has 0 saturated heterocycles. The van der Waals surface area contributed by atoms with Crippen LogP contribution in [0.1, 0.15) is 11.1 Å². The molecule has 0 aliphatic heterocycles. The fourth-order valence-electron chi connectivity index (χ4n) is 1.96. The Labute approximate surface area is 136 Å². The van der Waals surface area contributed by atoms with Crippen molar-refractivity contribution in [1.82, 2.24) is 14.8 Å². The van der Waals surface area contributed by atoms with Gasteiger partial charge in [-0.1, -0.05) is 17.7 Å². The van der Waals surface area contributed by atoms with Crippen LogP contribution in [0.4, 0.5) is 4.39 Å². The number of nitrogens with zero attached hydrogens (tertiary/aromatic N) is 4. The molecule has 0 atom stereocenters. The van der Waals surface area contributed by atoms with Gasteiger partial charge < -0.3 is 4.74 Å². The molecule has 0 aliphatic rings. The molecule has 0 saturated carbocycles. The Morgan fingerprint density at radius 3 is 2.87 bits per heavy atom. The summed E-state index contributed by atoms with van der Waals surface area (Å²) in [6.07, 6.45) is 3.08. The predicted octanol–water partition coefficient (Wildman–Crippen LogP) is 3.51. The summed E-state index contributed by atoms with van der Waals surface area (Å²) in [6.45, 7) is 0.151. The molecule has 1 aromatic carbocycles. The van der Waals surface area contributed by atoms with Gasteiger partial charge in [0.1, 0.15) is 12.4 Å². The van der Waals surface area contributed by atoms with Crippen LogP contribution >= 0.6 is 11.6 Å². The molecule has 0 fully saturated rings. The fourth-order valence-corrected chi connectivity index (χ4v) is 2.08. The topological polar surface area (TPSA) is 63.7 Å². The number of hydrogen-bond acceptors (Lipinski definition) is 4. The molecule has 0 aliphatic carbocycles. The van der Waals surface area contributed by atoms with E-state index in [2.05, 4.69) is 10.1 Å². The smallest absolute Gasteiger partial charge is 0.218 e. The van der Waals surface area contributed by atoms with Crippen LogP contribution in [-0.2, 0) is 6.61 Å². The minimum atomic E-state index is -0.496. The molecule has 0 radical (unpaired) electrons. The molecule has 0 N–H and O–H groups in total. The third-order valence-corrected chi connectivity index (χ3v) is 3.38. The second kappa shape index (κ2) is 6.46. The van der Waals surface area contributed by atoms with E-state index in [9.17, 15) is 4.39 Å². The zero-order valence-corrected chi connectivity index (χ0v) is 12.5. The predicted molar refractivity (Wildman–Crippen MR) is 81.8 cm³/mol. The number of hydrogen-bond donors (Lipinski definition) is 0. The first-order valence-electron chi connectivity index (χ1n) is 6.64. The highest BCUT2D eigenvalue weighted by Gasteiger charge is 2.09. The van der Waals surface area contributed by atoms with E-state index in [4.69, 9.17) is 21.6 Å². The van der Waals surface area contributed by atoms with E-state index in [1.807, 2.05) is 6.07 Å². The summed E-state index contributed by atoms with van der Waals surface area (Å²) in [5.41, 5.74) is 1.11. The lowest BCUT2D eigenvalue weighted by Gasteiger charge is -2.09. The van der Waals surface area contributed by atoms with E-state index in [0.29, 0.717) is 22.8 Å². The molecule has 3 aromatic rings. The molecule has 7 heteroatoms. The van der Waals surface area contributed by atoms with E-state index in [0.717, 1.165) is 0 Å². The van der Waals surface area contributed by atoms with Crippen molar-refractivity contribution >= 4 is 11.6 Å². The Hall–Kier alpha value is -2.91. The molecule has 2 aromatic heterocycles. The number of ether oxygens (including phenoxy) is 1. The lowest BCUT2D eigenvalue weighted by molar-refractivity contribution is 0.283. The van der Waals surface area contributed by atoms with Gasteiger partial charge in [-0.3, -0.25) is 0 Å². The van der Waals surface area contributed by atoms with Crippen molar-refractivity contribution in [1.29, 1.82) is 5.26 Å². The van der Waals surface area contributed by atoms with Crippen molar-refractivity contribution in [3.8, 4) is 17.8 Å². The van der Waals surface area contributed by atoms with Gasteiger partial charge in [0.05, 0.1) is 22.9 Å². The summed E-state index contributed by atoms with van der Waals surface area (Å²) in [4.78, 5) is 4.16.